The second kappa shape index (κ2) is 6.91. The molecule has 21 heavy (non-hydrogen) atoms. The number of hydrogen-bond acceptors (Lipinski definition) is 4. The molecule has 3 N–H and O–H groups in total. The molecule has 1 saturated heterocycles. The normalized spacial score (nSPS) is 21.6. The summed E-state index contributed by atoms with van der Waals surface area (Å²) in [6.07, 6.45) is 1.22. The van der Waals surface area contributed by atoms with Crippen LogP contribution in [0.1, 0.15) is 26.7 Å². The molecule has 1 amide bonds. The fourth-order valence-corrected chi connectivity index (χ4v) is 2.40. The highest BCUT2D eigenvalue weighted by atomic mass is 16.5. The lowest BCUT2D eigenvalue weighted by Gasteiger charge is -2.24. The van der Waals surface area contributed by atoms with E-state index in [0.29, 0.717) is 12.6 Å². The number of nitrogens with two attached hydrogens (primary N) is 1. The average Bonchev–Trinajstić information content (AvgIpc) is 2.95. The molecule has 116 valence electrons. The van der Waals surface area contributed by atoms with Gasteiger partial charge in [-0.1, -0.05) is 6.07 Å². The van der Waals surface area contributed by atoms with E-state index in [9.17, 15) is 4.79 Å². The van der Waals surface area contributed by atoms with Crippen molar-refractivity contribution in [2.45, 2.75) is 44.9 Å². The van der Waals surface area contributed by atoms with Crippen molar-refractivity contribution in [2.24, 2.45) is 5.73 Å². The molecule has 2 atom stereocenters. The van der Waals surface area contributed by atoms with E-state index in [4.69, 9.17) is 10.5 Å². The fraction of sp³-hybridized carbons (Fsp3) is 0.562. The molecule has 0 saturated carbocycles. The van der Waals surface area contributed by atoms with Gasteiger partial charge >= 0.3 is 0 Å². The minimum Gasteiger partial charge on any atom is -0.372 e. The third-order valence-electron chi connectivity index (χ3n) is 3.96. The molecule has 0 spiro atoms. The van der Waals surface area contributed by atoms with Gasteiger partial charge in [-0.2, -0.15) is 0 Å². The van der Waals surface area contributed by atoms with Crippen LogP contribution in [0.4, 0.5) is 11.4 Å². The number of ether oxygens (including phenoxy) is 1. The van der Waals surface area contributed by atoms with Crippen LogP contribution in [0, 0.1) is 0 Å². The molecule has 1 heterocycles. The van der Waals surface area contributed by atoms with E-state index in [2.05, 4.69) is 24.1 Å². The lowest BCUT2D eigenvalue weighted by Crippen LogP contribution is -2.30. The number of nitrogens with zero attached hydrogens (tertiary/aromatic N) is 1. The van der Waals surface area contributed by atoms with Gasteiger partial charge in [-0.15, -0.1) is 0 Å². The summed E-state index contributed by atoms with van der Waals surface area (Å²) >= 11 is 0. The van der Waals surface area contributed by atoms with Gasteiger partial charge in [0.2, 0.25) is 0 Å². The van der Waals surface area contributed by atoms with Crippen molar-refractivity contribution in [1.82, 2.24) is 0 Å². The van der Waals surface area contributed by atoms with E-state index in [1.165, 1.54) is 0 Å². The second-order valence-electron chi connectivity index (χ2n) is 5.80. The first-order chi connectivity index (χ1) is 10.0. The number of carbonyl (C=O) groups is 1. The van der Waals surface area contributed by atoms with E-state index in [0.717, 1.165) is 24.2 Å². The van der Waals surface area contributed by atoms with E-state index in [-0.39, 0.29) is 18.1 Å². The third kappa shape index (κ3) is 3.95. The van der Waals surface area contributed by atoms with Gasteiger partial charge < -0.3 is 20.7 Å². The topological polar surface area (TPSA) is 67.6 Å². The van der Waals surface area contributed by atoms with Crippen LogP contribution in [0.15, 0.2) is 24.3 Å². The van der Waals surface area contributed by atoms with E-state index >= 15 is 0 Å². The molecule has 1 fully saturated rings. The molecule has 1 aliphatic rings. The Morgan fingerprint density at radius 1 is 1.48 bits per heavy atom. The summed E-state index contributed by atoms with van der Waals surface area (Å²) in [5.41, 5.74) is 7.44. The highest BCUT2D eigenvalue weighted by molar-refractivity contribution is 5.94. The van der Waals surface area contributed by atoms with Crippen molar-refractivity contribution in [1.29, 1.82) is 0 Å². The summed E-state index contributed by atoms with van der Waals surface area (Å²) < 4.78 is 5.61. The Hall–Kier alpha value is -1.59. The first-order valence-electron chi connectivity index (χ1n) is 7.50. The minimum atomic E-state index is -0.384. The molecule has 1 aromatic rings. The molecule has 5 nitrogen and oxygen atoms in total. The third-order valence-corrected chi connectivity index (χ3v) is 3.96. The molecular formula is C16H25N3O2. The summed E-state index contributed by atoms with van der Waals surface area (Å²) in [7, 11) is 2.04. The van der Waals surface area contributed by atoms with Crippen LogP contribution in [-0.4, -0.2) is 37.7 Å². The first kappa shape index (κ1) is 15.8. The average molecular weight is 291 g/mol. The molecule has 0 bridgehead atoms. The number of anilines is 2. The minimum absolute atomic E-state index is 0.0131. The van der Waals surface area contributed by atoms with Gasteiger partial charge in [0, 0.05) is 31.0 Å². The molecule has 0 aliphatic carbocycles. The van der Waals surface area contributed by atoms with Crippen molar-refractivity contribution in [3.63, 3.8) is 0 Å². The molecule has 0 aromatic heterocycles. The van der Waals surface area contributed by atoms with E-state index in [1.54, 1.807) is 0 Å². The number of hydrogen-bond donors (Lipinski definition) is 2. The van der Waals surface area contributed by atoms with Gasteiger partial charge in [-0.25, -0.2) is 0 Å². The van der Waals surface area contributed by atoms with Crippen LogP contribution >= 0.6 is 0 Å². The summed E-state index contributed by atoms with van der Waals surface area (Å²) in [5.74, 6) is -0.0877. The Labute approximate surface area is 126 Å². The van der Waals surface area contributed by atoms with Gasteiger partial charge in [0.05, 0.1) is 6.10 Å². The number of benzene rings is 1. The maximum Gasteiger partial charge on any atom is 0.253 e. The van der Waals surface area contributed by atoms with Gasteiger partial charge in [-0.05, 0) is 44.9 Å². The van der Waals surface area contributed by atoms with Crippen molar-refractivity contribution >= 4 is 17.3 Å². The van der Waals surface area contributed by atoms with Crippen LogP contribution in [0.2, 0.25) is 0 Å². The lowest BCUT2D eigenvalue weighted by molar-refractivity contribution is -0.126. The largest absolute Gasteiger partial charge is 0.372 e. The molecular weight excluding hydrogens is 266 g/mol. The Balaban J connectivity index is 2.00. The molecule has 1 aliphatic heterocycles. The van der Waals surface area contributed by atoms with Gasteiger partial charge in [0.1, 0.15) is 6.10 Å². The van der Waals surface area contributed by atoms with Crippen molar-refractivity contribution in [3.8, 4) is 0 Å². The van der Waals surface area contributed by atoms with Gasteiger partial charge in [-0.3, -0.25) is 4.79 Å². The Kier molecular flexibility index (Phi) is 5.20. The SMILES string of the molecule is CC(C)N(C)c1cccc(NC(=O)[C@@H]2CC[C@H](CN)O2)c1. The number of nitrogens with one attached hydrogen (secondary N) is 1. The van der Waals surface area contributed by atoms with Crippen molar-refractivity contribution in [3.05, 3.63) is 24.3 Å². The zero-order valence-corrected chi connectivity index (χ0v) is 13.0. The lowest BCUT2D eigenvalue weighted by atomic mass is 10.2. The Bertz CT molecular complexity index is 490. The smallest absolute Gasteiger partial charge is 0.253 e. The summed E-state index contributed by atoms with van der Waals surface area (Å²) in [6, 6.07) is 8.26. The van der Waals surface area contributed by atoms with Crippen molar-refractivity contribution in [2.75, 3.05) is 23.8 Å². The van der Waals surface area contributed by atoms with E-state index < -0.39 is 0 Å². The van der Waals surface area contributed by atoms with Crippen LogP contribution in [0.25, 0.3) is 0 Å². The number of rotatable bonds is 5. The first-order valence-corrected chi connectivity index (χ1v) is 7.50. The molecule has 2 rings (SSSR count). The predicted octanol–water partition coefficient (Wildman–Crippen LogP) is 1.98. The van der Waals surface area contributed by atoms with E-state index in [1.807, 2.05) is 31.3 Å². The standard InChI is InChI=1S/C16H25N3O2/c1-11(2)19(3)13-6-4-5-12(9-13)18-16(20)15-8-7-14(10-17)21-15/h4-6,9,11,14-15H,7-8,10,17H2,1-3H3,(H,18,20)/t14-,15+/m1/s1. The monoisotopic (exact) mass is 291 g/mol. The highest BCUT2D eigenvalue weighted by Crippen LogP contribution is 2.23. The maximum absolute atomic E-state index is 12.2. The second-order valence-corrected chi connectivity index (χ2v) is 5.80. The van der Waals surface area contributed by atoms with Crippen LogP contribution < -0.4 is 16.0 Å². The fourth-order valence-electron chi connectivity index (χ4n) is 2.40. The highest BCUT2D eigenvalue weighted by Gasteiger charge is 2.29. The zero-order chi connectivity index (χ0) is 15.4. The van der Waals surface area contributed by atoms with Crippen LogP contribution in [0.3, 0.4) is 0 Å². The summed E-state index contributed by atoms with van der Waals surface area (Å²) in [4.78, 5) is 14.4. The van der Waals surface area contributed by atoms with Crippen LogP contribution in [-0.2, 0) is 9.53 Å². The predicted molar refractivity (Wildman–Crippen MR) is 85.6 cm³/mol. The molecule has 5 heteroatoms. The van der Waals surface area contributed by atoms with Crippen molar-refractivity contribution < 1.29 is 9.53 Å². The van der Waals surface area contributed by atoms with Gasteiger partial charge in [0.15, 0.2) is 0 Å². The zero-order valence-electron chi connectivity index (χ0n) is 13.0. The number of amides is 1. The molecule has 1 aromatic carbocycles. The number of carbonyl (C=O) groups excluding carboxylic acids is 1. The quantitative estimate of drug-likeness (QED) is 0.870. The van der Waals surface area contributed by atoms with Gasteiger partial charge in [0.25, 0.3) is 5.91 Å². The summed E-state index contributed by atoms with van der Waals surface area (Å²) in [5, 5.41) is 2.93. The Morgan fingerprint density at radius 2 is 2.24 bits per heavy atom. The molecule has 0 radical (unpaired) electrons. The van der Waals surface area contributed by atoms with Crippen LogP contribution in [0.5, 0.6) is 0 Å². The maximum atomic E-state index is 12.2. The Morgan fingerprint density at radius 3 is 2.86 bits per heavy atom. The molecule has 0 unspecified atom stereocenters. The summed E-state index contributed by atoms with van der Waals surface area (Å²) in [6.45, 7) is 4.73.